The van der Waals surface area contributed by atoms with Gasteiger partial charge < -0.3 is 15.4 Å². The van der Waals surface area contributed by atoms with Gasteiger partial charge in [0.05, 0.1) is 11.9 Å². The zero-order valence-electron chi connectivity index (χ0n) is 11.4. The van der Waals surface area contributed by atoms with Crippen molar-refractivity contribution < 1.29 is 9.53 Å². The first kappa shape index (κ1) is 17.1. The molecule has 1 amide bonds. The molecule has 2 unspecified atom stereocenters. The number of halogens is 1. The predicted octanol–water partition coefficient (Wildman–Crippen LogP) is 1.66. The maximum absolute atomic E-state index is 12.0. The molecular weight excluding hydrogens is 284 g/mol. The van der Waals surface area contributed by atoms with Crippen molar-refractivity contribution in [1.29, 1.82) is 0 Å². The highest BCUT2D eigenvalue weighted by atomic mass is 35.5. The molecule has 0 aromatic heterocycles. The minimum absolute atomic E-state index is 0. The molecule has 2 N–H and O–H groups in total. The Hall–Kier alpha value is 0.0300. The molecule has 0 aromatic carbocycles. The number of rotatable bonds is 4. The lowest BCUT2D eigenvalue weighted by atomic mass is 10.1. The molecule has 19 heavy (non-hydrogen) atoms. The van der Waals surface area contributed by atoms with Crippen molar-refractivity contribution in [3.8, 4) is 0 Å². The molecule has 0 bridgehead atoms. The highest BCUT2D eigenvalue weighted by molar-refractivity contribution is 7.99. The molecule has 0 aromatic rings. The van der Waals surface area contributed by atoms with Crippen LogP contribution in [0.3, 0.4) is 0 Å². The van der Waals surface area contributed by atoms with Crippen LogP contribution in [0.15, 0.2) is 0 Å². The van der Waals surface area contributed by atoms with E-state index in [1.54, 1.807) is 11.8 Å². The number of hydrogen-bond donors (Lipinski definition) is 1. The van der Waals surface area contributed by atoms with E-state index in [0.717, 1.165) is 44.7 Å². The summed E-state index contributed by atoms with van der Waals surface area (Å²) in [5, 5.41) is 0. The number of likely N-dealkylation sites (tertiary alicyclic amines) is 1. The molecule has 0 radical (unpaired) electrons. The Morgan fingerprint density at radius 1 is 1.32 bits per heavy atom. The summed E-state index contributed by atoms with van der Waals surface area (Å²) in [4.78, 5) is 13.9. The maximum atomic E-state index is 12.0. The normalized spacial score (nSPS) is 27.7. The van der Waals surface area contributed by atoms with Crippen LogP contribution in [0, 0.1) is 0 Å². The van der Waals surface area contributed by atoms with Crippen LogP contribution >= 0.6 is 24.2 Å². The van der Waals surface area contributed by atoms with Crippen LogP contribution in [0.25, 0.3) is 0 Å². The Labute approximate surface area is 126 Å². The van der Waals surface area contributed by atoms with Crippen molar-refractivity contribution in [2.75, 3.05) is 31.2 Å². The van der Waals surface area contributed by atoms with Gasteiger partial charge in [0, 0.05) is 31.5 Å². The fraction of sp³-hybridized carbons (Fsp3) is 0.923. The minimum Gasteiger partial charge on any atom is -0.377 e. The minimum atomic E-state index is 0. The van der Waals surface area contributed by atoms with Crippen molar-refractivity contribution in [3.63, 3.8) is 0 Å². The van der Waals surface area contributed by atoms with E-state index in [9.17, 15) is 4.79 Å². The lowest BCUT2D eigenvalue weighted by molar-refractivity contribution is -0.129. The monoisotopic (exact) mass is 308 g/mol. The van der Waals surface area contributed by atoms with Crippen LogP contribution in [0.1, 0.15) is 32.1 Å². The molecule has 2 aliphatic heterocycles. The largest absolute Gasteiger partial charge is 0.377 e. The summed E-state index contributed by atoms with van der Waals surface area (Å²) in [5.74, 6) is 1.77. The third kappa shape index (κ3) is 5.90. The summed E-state index contributed by atoms with van der Waals surface area (Å²) in [6, 6.07) is 0.175. The first-order valence-electron chi connectivity index (χ1n) is 6.98. The number of nitrogens with zero attached hydrogens (tertiary/aromatic N) is 1. The van der Waals surface area contributed by atoms with Gasteiger partial charge in [0.2, 0.25) is 5.91 Å². The van der Waals surface area contributed by atoms with Crippen molar-refractivity contribution in [1.82, 2.24) is 4.90 Å². The summed E-state index contributed by atoms with van der Waals surface area (Å²) in [5.41, 5.74) is 5.89. The average Bonchev–Trinajstić information content (AvgIpc) is 2.40. The van der Waals surface area contributed by atoms with E-state index < -0.39 is 0 Å². The molecule has 2 heterocycles. The SMILES string of the molecule is Cl.NC1CCCN(C(=O)CSCC2CCCCO2)C1. The number of carbonyl (C=O) groups is 1. The number of ether oxygens (including phenoxy) is 1. The van der Waals surface area contributed by atoms with Gasteiger partial charge in [0.25, 0.3) is 0 Å². The number of thioether (sulfide) groups is 1. The van der Waals surface area contributed by atoms with Crippen molar-refractivity contribution in [2.24, 2.45) is 5.73 Å². The molecule has 4 nitrogen and oxygen atoms in total. The van der Waals surface area contributed by atoms with Crippen LogP contribution in [-0.2, 0) is 9.53 Å². The van der Waals surface area contributed by atoms with Crippen LogP contribution in [0.5, 0.6) is 0 Å². The molecule has 2 saturated heterocycles. The van der Waals surface area contributed by atoms with Gasteiger partial charge in [-0.15, -0.1) is 24.2 Å². The number of piperidine rings is 1. The molecule has 2 fully saturated rings. The lowest BCUT2D eigenvalue weighted by Crippen LogP contribution is -2.46. The third-order valence-electron chi connectivity index (χ3n) is 3.61. The van der Waals surface area contributed by atoms with Gasteiger partial charge in [-0.05, 0) is 32.1 Å². The molecule has 6 heteroatoms. The second-order valence-corrected chi connectivity index (χ2v) is 6.28. The van der Waals surface area contributed by atoms with Crippen molar-refractivity contribution in [2.45, 2.75) is 44.2 Å². The summed E-state index contributed by atoms with van der Waals surface area (Å²) < 4.78 is 5.66. The van der Waals surface area contributed by atoms with Gasteiger partial charge in [-0.1, -0.05) is 0 Å². The van der Waals surface area contributed by atoms with Crippen LogP contribution < -0.4 is 5.73 Å². The van der Waals surface area contributed by atoms with Gasteiger partial charge in [-0.2, -0.15) is 0 Å². The topological polar surface area (TPSA) is 55.6 Å². The molecule has 0 spiro atoms. The van der Waals surface area contributed by atoms with Crippen molar-refractivity contribution in [3.05, 3.63) is 0 Å². The first-order chi connectivity index (χ1) is 8.75. The van der Waals surface area contributed by atoms with Gasteiger partial charge in [0.15, 0.2) is 0 Å². The molecule has 2 rings (SSSR count). The second kappa shape index (κ2) is 9.06. The highest BCUT2D eigenvalue weighted by Gasteiger charge is 2.21. The smallest absolute Gasteiger partial charge is 0.232 e. The molecule has 2 aliphatic rings. The highest BCUT2D eigenvalue weighted by Crippen LogP contribution is 2.18. The Morgan fingerprint density at radius 2 is 2.16 bits per heavy atom. The summed E-state index contributed by atoms with van der Waals surface area (Å²) in [7, 11) is 0. The van der Waals surface area contributed by atoms with E-state index in [2.05, 4.69) is 0 Å². The Bertz CT molecular complexity index is 275. The van der Waals surface area contributed by atoms with E-state index in [1.165, 1.54) is 12.8 Å². The number of hydrogen-bond acceptors (Lipinski definition) is 4. The molecule has 0 aliphatic carbocycles. The van der Waals surface area contributed by atoms with Gasteiger partial charge in [-0.25, -0.2) is 0 Å². The zero-order valence-corrected chi connectivity index (χ0v) is 13.0. The van der Waals surface area contributed by atoms with Crippen LogP contribution in [0.2, 0.25) is 0 Å². The Morgan fingerprint density at radius 3 is 2.84 bits per heavy atom. The Balaban J connectivity index is 0.00000180. The summed E-state index contributed by atoms with van der Waals surface area (Å²) in [6.07, 6.45) is 6.05. The molecule has 0 saturated carbocycles. The second-order valence-electron chi connectivity index (χ2n) is 5.25. The quantitative estimate of drug-likeness (QED) is 0.858. The maximum Gasteiger partial charge on any atom is 0.232 e. The van der Waals surface area contributed by atoms with E-state index in [1.807, 2.05) is 4.90 Å². The lowest BCUT2D eigenvalue weighted by Gasteiger charge is -2.31. The summed E-state index contributed by atoms with van der Waals surface area (Å²) >= 11 is 1.71. The number of carbonyl (C=O) groups excluding carboxylic acids is 1. The standard InChI is InChI=1S/C13H24N2O2S.ClH/c14-11-4-3-6-15(8-11)13(16)10-18-9-12-5-1-2-7-17-12;/h11-12H,1-10,14H2;1H. The van der Waals surface area contributed by atoms with Crippen LogP contribution in [0.4, 0.5) is 0 Å². The average molecular weight is 309 g/mol. The van der Waals surface area contributed by atoms with Crippen molar-refractivity contribution >= 4 is 30.1 Å². The fourth-order valence-electron chi connectivity index (χ4n) is 2.54. The van der Waals surface area contributed by atoms with Gasteiger partial charge >= 0.3 is 0 Å². The zero-order chi connectivity index (χ0) is 12.8. The van der Waals surface area contributed by atoms with E-state index in [-0.39, 0.29) is 24.4 Å². The fourth-order valence-corrected chi connectivity index (χ4v) is 3.55. The number of amides is 1. The Kier molecular flexibility index (Phi) is 8.14. The van der Waals surface area contributed by atoms with E-state index in [0.29, 0.717) is 11.9 Å². The summed E-state index contributed by atoms with van der Waals surface area (Å²) in [6.45, 7) is 2.51. The molecular formula is C13H25ClN2O2S. The number of nitrogens with two attached hydrogens (primary N) is 1. The molecule has 112 valence electrons. The predicted molar refractivity (Wildman–Crippen MR) is 82.0 cm³/mol. The van der Waals surface area contributed by atoms with Gasteiger partial charge in [-0.3, -0.25) is 4.79 Å². The van der Waals surface area contributed by atoms with Crippen LogP contribution in [-0.4, -0.2) is 54.2 Å². The third-order valence-corrected chi connectivity index (χ3v) is 4.67. The molecule has 2 atom stereocenters. The van der Waals surface area contributed by atoms with E-state index >= 15 is 0 Å². The van der Waals surface area contributed by atoms with E-state index in [4.69, 9.17) is 10.5 Å². The first-order valence-corrected chi connectivity index (χ1v) is 8.14. The van der Waals surface area contributed by atoms with Gasteiger partial charge in [0.1, 0.15) is 0 Å².